The van der Waals surface area contributed by atoms with E-state index < -0.39 is 23.6 Å². The number of likely N-dealkylation sites (N-methyl/N-ethyl adjacent to an activating group) is 1. The maximum atomic E-state index is 13.1. The molecule has 1 aliphatic rings. The van der Waals surface area contributed by atoms with E-state index in [4.69, 9.17) is 9.72 Å². The first-order valence-corrected chi connectivity index (χ1v) is 15.7. The lowest BCUT2D eigenvalue weighted by molar-refractivity contribution is -0.141. The summed E-state index contributed by atoms with van der Waals surface area (Å²) >= 11 is 0. The summed E-state index contributed by atoms with van der Waals surface area (Å²) in [4.78, 5) is 29.3. The van der Waals surface area contributed by atoms with Gasteiger partial charge >= 0.3 is 12.1 Å². The van der Waals surface area contributed by atoms with Crippen LogP contribution in [0.25, 0.3) is 0 Å². The van der Waals surface area contributed by atoms with Crippen LogP contribution in [0.2, 0.25) is 0 Å². The van der Waals surface area contributed by atoms with E-state index in [1.165, 1.54) is 17.7 Å². The molecular weight excluding hydrogens is 609 g/mol. The Morgan fingerprint density at radius 3 is 2.30 bits per heavy atom. The Balaban J connectivity index is 1.27. The number of rotatable bonds is 13. The third-order valence-corrected chi connectivity index (χ3v) is 8.41. The molecule has 0 bridgehead atoms. The van der Waals surface area contributed by atoms with E-state index in [-0.39, 0.29) is 5.95 Å². The van der Waals surface area contributed by atoms with Crippen molar-refractivity contribution >= 4 is 29.5 Å². The monoisotopic (exact) mass is 648 g/mol. The van der Waals surface area contributed by atoms with Gasteiger partial charge in [0, 0.05) is 25.8 Å². The van der Waals surface area contributed by atoms with Crippen molar-refractivity contribution in [1.29, 1.82) is 0 Å². The third-order valence-electron chi connectivity index (χ3n) is 8.41. The minimum absolute atomic E-state index is 0.227. The van der Waals surface area contributed by atoms with Crippen LogP contribution in [-0.2, 0) is 17.4 Å². The van der Waals surface area contributed by atoms with Gasteiger partial charge in [0.25, 0.3) is 0 Å². The van der Waals surface area contributed by atoms with Crippen LogP contribution in [0.1, 0.15) is 48.8 Å². The number of benzene rings is 3. The van der Waals surface area contributed by atoms with E-state index >= 15 is 0 Å². The van der Waals surface area contributed by atoms with Crippen molar-refractivity contribution in [2.45, 2.75) is 44.7 Å². The second-order valence-corrected chi connectivity index (χ2v) is 11.7. The number of nitrogens with one attached hydrogen (secondary N) is 1. The summed E-state index contributed by atoms with van der Waals surface area (Å²) in [6.45, 7) is 4.13. The molecule has 12 heteroatoms. The molecule has 0 saturated carbocycles. The molecule has 4 aromatic rings. The highest BCUT2D eigenvalue weighted by Crippen LogP contribution is 2.32. The molecule has 1 atom stereocenters. The standard InChI is InChI=1S/C35H39F3N6O3/c1-3-25(31(45)46)23-24-9-15-30(16-10-24)47-22-21-43(2)33-40-32(39-29-13-11-28(12-14-29)35(36,37)38)41-34(42-33)44-19-17-27(18-20-44)26-7-5-4-6-8-26/h4-16,25,27H,3,17-23H2,1-2H3,(H,45,46)(H,39,40,41,42). The number of carboxylic acids is 1. The SMILES string of the molecule is CCC(Cc1ccc(OCCN(C)c2nc(Nc3ccc(C(F)(F)F)cc3)nc(N3CCC(c4ccccc4)CC3)n2)cc1)C(=O)O. The van der Waals surface area contributed by atoms with E-state index in [1.807, 2.05) is 49.2 Å². The van der Waals surface area contributed by atoms with Gasteiger partial charge in [-0.2, -0.15) is 28.1 Å². The van der Waals surface area contributed by atoms with E-state index in [9.17, 15) is 23.1 Å². The quantitative estimate of drug-likeness (QED) is 0.156. The average Bonchev–Trinajstić information content (AvgIpc) is 3.08. The fourth-order valence-electron chi connectivity index (χ4n) is 5.54. The molecule has 1 saturated heterocycles. The minimum atomic E-state index is -4.43. The third kappa shape index (κ3) is 9.11. The number of piperidine rings is 1. The molecule has 3 aromatic carbocycles. The van der Waals surface area contributed by atoms with Crippen molar-refractivity contribution < 1.29 is 27.8 Å². The van der Waals surface area contributed by atoms with E-state index in [0.29, 0.717) is 55.2 Å². The van der Waals surface area contributed by atoms with Gasteiger partial charge in [-0.05, 0) is 79.1 Å². The second kappa shape index (κ2) is 15.1. The zero-order valence-corrected chi connectivity index (χ0v) is 26.5. The molecule has 0 radical (unpaired) electrons. The number of alkyl halides is 3. The number of halogens is 3. The summed E-state index contributed by atoms with van der Waals surface area (Å²) in [6, 6.07) is 22.6. The lowest BCUT2D eigenvalue weighted by Crippen LogP contribution is -2.35. The first-order chi connectivity index (χ1) is 22.6. The van der Waals surface area contributed by atoms with Crippen LogP contribution in [0.3, 0.4) is 0 Å². The highest BCUT2D eigenvalue weighted by atomic mass is 19.4. The smallest absolute Gasteiger partial charge is 0.416 e. The number of hydrogen-bond acceptors (Lipinski definition) is 8. The van der Waals surface area contributed by atoms with Gasteiger partial charge in [0.2, 0.25) is 17.8 Å². The Bertz CT molecular complexity index is 1600. The molecule has 0 amide bonds. The first kappa shape index (κ1) is 33.5. The van der Waals surface area contributed by atoms with Gasteiger partial charge in [-0.1, -0.05) is 49.4 Å². The predicted molar refractivity (Wildman–Crippen MR) is 176 cm³/mol. The normalized spacial score (nSPS) is 14.4. The van der Waals surface area contributed by atoms with Gasteiger partial charge < -0.3 is 25.0 Å². The van der Waals surface area contributed by atoms with Gasteiger partial charge in [-0.3, -0.25) is 4.79 Å². The van der Waals surface area contributed by atoms with Crippen LogP contribution in [0.4, 0.5) is 36.7 Å². The maximum absolute atomic E-state index is 13.1. The van der Waals surface area contributed by atoms with Crippen LogP contribution in [-0.4, -0.2) is 59.3 Å². The number of ether oxygens (including phenoxy) is 1. The number of aromatic nitrogens is 3. The molecule has 5 rings (SSSR count). The molecule has 2 N–H and O–H groups in total. The summed E-state index contributed by atoms with van der Waals surface area (Å²) in [5.41, 5.74) is 1.93. The number of aliphatic carboxylic acids is 1. The van der Waals surface area contributed by atoms with Gasteiger partial charge in [0.1, 0.15) is 12.4 Å². The highest BCUT2D eigenvalue weighted by Gasteiger charge is 2.30. The van der Waals surface area contributed by atoms with Gasteiger partial charge in [-0.25, -0.2) is 0 Å². The number of anilines is 4. The molecule has 1 aliphatic heterocycles. The molecule has 1 unspecified atom stereocenters. The second-order valence-electron chi connectivity index (χ2n) is 11.7. The number of hydrogen-bond donors (Lipinski definition) is 2. The fraction of sp³-hybridized carbons (Fsp3) is 0.371. The number of carboxylic acid groups (broad SMARTS) is 1. The van der Waals surface area contributed by atoms with Crippen LogP contribution < -0.4 is 19.9 Å². The molecule has 248 valence electrons. The largest absolute Gasteiger partial charge is 0.492 e. The summed E-state index contributed by atoms with van der Waals surface area (Å²) in [7, 11) is 1.84. The lowest BCUT2D eigenvalue weighted by atomic mass is 9.90. The average molecular weight is 649 g/mol. The molecule has 9 nitrogen and oxygen atoms in total. The summed E-state index contributed by atoms with van der Waals surface area (Å²) in [5.74, 6) is 0.996. The van der Waals surface area contributed by atoms with Crippen LogP contribution in [0.5, 0.6) is 5.75 Å². The Morgan fingerprint density at radius 2 is 1.68 bits per heavy atom. The van der Waals surface area contributed by atoms with Crippen molar-refractivity contribution in [3.63, 3.8) is 0 Å². The van der Waals surface area contributed by atoms with E-state index in [2.05, 4.69) is 44.5 Å². The summed E-state index contributed by atoms with van der Waals surface area (Å²) in [6.07, 6.45) is -1.53. The molecule has 47 heavy (non-hydrogen) atoms. The van der Waals surface area contributed by atoms with Gasteiger partial charge in [0.15, 0.2) is 0 Å². The Hall–Kier alpha value is -4.87. The van der Waals surface area contributed by atoms with Crippen molar-refractivity contribution in [1.82, 2.24) is 15.0 Å². The predicted octanol–water partition coefficient (Wildman–Crippen LogP) is 7.19. The van der Waals surface area contributed by atoms with Gasteiger partial charge in [0.05, 0.1) is 18.0 Å². The summed E-state index contributed by atoms with van der Waals surface area (Å²) in [5, 5.41) is 12.4. The highest BCUT2D eigenvalue weighted by molar-refractivity contribution is 5.70. The lowest BCUT2D eigenvalue weighted by Gasteiger charge is -2.32. The minimum Gasteiger partial charge on any atom is -0.492 e. The van der Waals surface area contributed by atoms with Crippen molar-refractivity contribution in [3.05, 3.63) is 95.6 Å². The van der Waals surface area contributed by atoms with Crippen LogP contribution in [0.15, 0.2) is 78.9 Å². The van der Waals surface area contributed by atoms with Crippen molar-refractivity contribution in [3.8, 4) is 5.75 Å². The Labute approximate surface area is 272 Å². The molecule has 0 aliphatic carbocycles. The van der Waals surface area contributed by atoms with Crippen LogP contribution >= 0.6 is 0 Å². The molecule has 0 spiro atoms. The zero-order valence-electron chi connectivity index (χ0n) is 26.5. The summed E-state index contributed by atoms with van der Waals surface area (Å²) < 4.78 is 45.3. The molecule has 1 fully saturated rings. The van der Waals surface area contributed by atoms with E-state index in [1.54, 1.807) is 0 Å². The Kier molecular flexibility index (Phi) is 10.8. The fourth-order valence-corrected chi connectivity index (χ4v) is 5.54. The van der Waals surface area contributed by atoms with Crippen LogP contribution in [0, 0.1) is 5.92 Å². The molecule has 2 heterocycles. The van der Waals surface area contributed by atoms with Crippen molar-refractivity contribution in [2.24, 2.45) is 5.92 Å². The first-order valence-electron chi connectivity index (χ1n) is 15.7. The zero-order chi connectivity index (χ0) is 33.4. The Morgan fingerprint density at radius 1 is 1.00 bits per heavy atom. The topological polar surface area (TPSA) is 104 Å². The maximum Gasteiger partial charge on any atom is 0.416 e. The van der Waals surface area contributed by atoms with Gasteiger partial charge in [-0.15, -0.1) is 0 Å². The van der Waals surface area contributed by atoms with E-state index in [0.717, 1.165) is 43.6 Å². The molecule has 1 aromatic heterocycles. The molecular formula is C35H39F3N6O3. The number of carbonyl (C=O) groups is 1. The number of nitrogens with zero attached hydrogens (tertiary/aromatic N) is 5. The van der Waals surface area contributed by atoms with Crippen molar-refractivity contribution in [2.75, 3.05) is 48.4 Å².